The van der Waals surface area contributed by atoms with E-state index >= 15 is 0 Å². The molecule has 1 unspecified atom stereocenters. The van der Waals surface area contributed by atoms with E-state index in [1.807, 2.05) is 30.3 Å². The van der Waals surface area contributed by atoms with Gasteiger partial charge in [0.1, 0.15) is 6.33 Å². The zero-order valence-electron chi connectivity index (χ0n) is 12.7. The first kappa shape index (κ1) is 13.9. The average molecular weight is 312 g/mol. The van der Waals surface area contributed by atoms with Gasteiger partial charge in [0, 0.05) is 26.0 Å². The predicted molar refractivity (Wildman–Crippen MR) is 80.8 cm³/mol. The van der Waals surface area contributed by atoms with Gasteiger partial charge in [-0.2, -0.15) is 5.10 Å². The second-order valence-electron chi connectivity index (χ2n) is 5.45. The van der Waals surface area contributed by atoms with Crippen LogP contribution in [0, 0.1) is 0 Å². The predicted octanol–water partition coefficient (Wildman–Crippen LogP) is 0.676. The van der Waals surface area contributed by atoms with E-state index in [4.69, 9.17) is 4.74 Å². The fraction of sp³-hybridized carbons (Fsp3) is 0.333. The standard InChI is InChI=1S/C15H16N6O2/c1-19-12(4-5-17-19)13-9-23-8-7-21(13)15(22)11-3-2-6-20-10-16-18-14(11)20/h2-6,10,13H,7-9H2,1H3. The Hall–Kier alpha value is -2.74. The fourth-order valence-corrected chi connectivity index (χ4v) is 2.98. The number of morpholine rings is 1. The Labute approximate surface area is 132 Å². The molecule has 0 saturated carbocycles. The van der Waals surface area contributed by atoms with E-state index in [1.54, 1.807) is 27.7 Å². The number of hydrogen-bond donors (Lipinski definition) is 0. The first-order valence-corrected chi connectivity index (χ1v) is 7.40. The number of nitrogens with zero attached hydrogens (tertiary/aromatic N) is 6. The maximum absolute atomic E-state index is 13.1. The van der Waals surface area contributed by atoms with E-state index < -0.39 is 0 Å². The highest BCUT2D eigenvalue weighted by molar-refractivity contribution is 6.00. The molecule has 0 bridgehead atoms. The molecule has 8 heteroatoms. The summed E-state index contributed by atoms with van der Waals surface area (Å²) in [6.07, 6.45) is 5.14. The molecule has 0 spiro atoms. The van der Waals surface area contributed by atoms with E-state index in [9.17, 15) is 4.79 Å². The topological polar surface area (TPSA) is 77.5 Å². The van der Waals surface area contributed by atoms with E-state index in [0.29, 0.717) is 31.0 Å². The van der Waals surface area contributed by atoms with Gasteiger partial charge in [0.15, 0.2) is 5.65 Å². The van der Waals surface area contributed by atoms with Crippen LogP contribution in [0.5, 0.6) is 0 Å². The van der Waals surface area contributed by atoms with Crippen molar-refractivity contribution < 1.29 is 9.53 Å². The number of carbonyl (C=O) groups excluding carboxylic acids is 1. The maximum atomic E-state index is 13.1. The summed E-state index contributed by atoms with van der Waals surface area (Å²) in [7, 11) is 1.87. The van der Waals surface area contributed by atoms with Gasteiger partial charge in [-0.05, 0) is 18.2 Å². The molecule has 1 amide bonds. The number of ether oxygens (including phenoxy) is 1. The van der Waals surface area contributed by atoms with Crippen molar-refractivity contribution in [1.82, 2.24) is 29.3 Å². The Morgan fingerprint density at radius 2 is 2.30 bits per heavy atom. The Morgan fingerprint density at radius 3 is 3.13 bits per heavy atom. The van der Waals surface area contributed by atoms with Crippen LogP contribution in [-0.2, 0) is 11.8 Å². The zero-order valence-corrected chi connectivity index (χ0v) is 12.7. The van der Waals surface area contributed by atoms with E-state index in [1.165, 1.54) is 0 Å². The highest BCUT2D eigenvalue weighted by atomic mass is 16.5. The molecule has 118 valence electrons. The summed E-state index contributed by atoms with van der Waals surface area (Å²) in [6, 6.07) is 5.36. The van der Waals surface area contributed by atoms with Crippen molar-refractivity contribution in [3.8, 4) is 0 Å². The molecule has 0 N–H and O–H groups in total. The van der Waals surface area contributed by atoms with Gasteiger partial charge in [-0.25, -0.2) is 0 Å². The van der Waals surface area contributed by atoms with E-state index in [0.717, 1.165) is 5.69 Å². The highest BCUT2D eigenvalue weighted by Crippen LogP contribution is 2.26. The van der Waals surface area contributed by atoms with Crippen molar-refractivity contribution >= 4 is 11.6 Å². The number of hydrogen-bond acceptors (Lipinski definition) is 5. The van der Waals surface area contributed by atoms with Gasteiger partial charge in [-0.15, -0.1) is 10.2 Å². The first-order valence-electron chi connectivity index (χ1n) is 7.40. The lowest BCUT2D eigenvalue weighted by Gasteiger charge is -2.35. The molecule has 1 atom stereocenters. The number of fused-ring (bicyclic) bond motifs is 1. The lowest BCUT2D eigenvalue weighted by Crippen LogP contribution is -2.44. The van der Waals surface area contributed by atoms with Gasteiger partial charge in [0.25, 0.3) is 5.91 Å². The third-order valence-electron chi connectivity index (χ3n) is 4.14. The highest BCUT2D eigenvalue weighted by Gasteiger charge is 2.32. The molecule has 3 aromatic rings. The quantitative estimate of drug-likeness (QED) is 0.695. The summed E-state index contributed by atoms with van der Waals surface area (Å²) in [5, 5.41) is 12.1. The third kappa shape index (κ3) is 2.27. The maximum Gasteiger partial charge on any atom is 0.258 e. The summed E-state index contributed by atoms with van der Waals surface area (Å²) >= 11 is 0. The van der Waals surface area contributed by atoms with Gasteiger partial charge >= 0.3 is 0 Å². The number of carbonyl (C=O) groups is 1. The minimum absolute atomic E-state index is 0.0712. The van der Waals surface area contributed by atoms with Gasteiger partial charge in [0.05, 0.1) is 30.5 Å². The normalized spacial score (nSPS) is 18.5. The first-order chi connectivity index (χ1) is 11.3. The zero-order chi connectivity index (χ0) is 15.8. The summed E-state index contributed by atoms with van der Waals surface area (Å²) in [4.78, 5) is 14.9. The van der Waals surface area contributed by atoms with Crippen LogP contribution in [0.25, 0.3) is 5.65 Å². The smallest absolute Gasteiger partial charge is 0.258 e. The van der Waals surface area contributed by atoms with Gasteiger partial charge in [-0.1, -0.05) is 0 Å². The summed E-state index contributed by atoms with van der Waals surface area (Å²) in [6.45, 7) is 1.51. The molecule has 3 aromatic heterocycles. The van der Waals surface area contributed by atoms with Gasteiger partial charge < -0.3 is 9.64 Å². The van der Waals surface area contributed by atoms with Crippen LogP contribution in [0.15, 0.2) is 36.9 Å². The van der Waals surface area contributed by atoms with Crippen LogP contribution in [0.1, 0.15) is 22.1 Å². The molecule has 23 heavy (non-hydrogen) atoms. The van der Waals surface area contributed by atoms with Crippen molar-refractivity contribution in [3.63, 3.8) is 0 Å². The molecular formula is C15H16N6O2. The minimum Gasteiger partial charge on any atom is -0.377 e. The lowest BCUT2D eigenvalue weighted by atomic mass is 10.1. The number of rotatable bonds is 2. The average Bonchev–Trinajstić information content (AvgIpc) is 3.22. The van der Waals surface area contributed by atoms with E-state index in [2.05, 4.69) is 15.3 Å². The van der Waals surface area contributed by atoms with Gasteiger partial charge in [-0.3, -0.25) is 13.9 Å². The molecule has 1 fully saturated rings. The second-order valence-corrected chi connectivity index (χ2v) is 5.45. The minimum atomic E-state index is -0.160. The summed E-state index contributed by atoms with van der Waals surface area (Å²) in [5.41, 5.74) is 2.05. The van der Waals surface area contributed by atoms with Crippen molar-refractivity contribution in [2.75, 3.05) is 19.8 Å². The third-order valence-corrected chi connectivity index (χ3v) is 4.14. The largest absolute Gasteiger partial charge is 0.377 e. The van der Waals surface area contributed by atoms with Crippen molar-refractivity contribution in [2.45, 2.75) is 6.04 Å². The van der Waals surface area contributed by atoms with Crippen LogP contribution >= 0.6 is 0 Å². The number of amides is 1. The molecule has 1 aliphatic rings. The lowest BCUT2D eigenvalue weighted by molar-refractivity contribution is -0.00484. The molecule has 1 saturated heterocycles. The van der Waals surface area contributed by atoms with Crippen molar-refractivity contribution in [2.24, 2.45) is 7.05 Å². The SMILES string of the molecule is Cn1nccc1C1COCCN1C(=O)c1cccn2cnnc12. The molecule has 0 aromatic carbocycles. The molecule has 4 rings (SSSR count). The van der Waals surface area contributed by atoms with Crippen LogP contribution in [-0.4, -0.2) is 54.9 Å². The van der Waals surface area contributed by atoms with Crippen LogP contribution < -0.4 is 0 Å². The number of pyridine rings is 1. The Bertz CT molecular complexity index is 854. The Morgan fingerprint density at radius 1 is 1.39 bits per heavy atom. The van der Waals surface area contributed by atoms with Gasteiger partial charge in [0.2, 0.25) is 0 Å². The van der Waals surface area contributed by atoms with Crippen molar-refractivity contribution in [3.05, 3.63) is 48.2 Å². The fourth-order valence-electron chi connectivity index (χ4n) is 2.98. The Balaban J connectivity index is 1.73. The second kappa shape index (κ2) is 5.47. The molecule has 0 radical (unpaired) electrons. The summed E-state index contributed by atoms with van der Waals surface area (Å²) < 4.78 is 9.10. The molecule has 8 nitrogen and oxygen atoms in total. The molecular weight excluding hydrogens is 296 g/mol. The molecule has 0 aliphatic carbocycles. The summed E-state index contributed by atoms with van der Waals surface area (Å²) in [5.74, 6) is -0.0712. The number of aryl methyl sites for hydroxylation is 1. The van der Waals surface area contributed by atoms with Crippen molar-refractivity contribution in [1.29, 1.82) is 0 Å². The Kier molecular flexibility index (Phi) is 3.30. The molecule has 1 aliphatic heterocycles. The molecule has 4 heterocycles. The monoisotopic (exact) mass is 312 g/mol. The van der Waals surface area contributed by atoms with Crippen LogP contribution in [0.3, 0.4) is 0 Å². The van der Waals surface area contributed by atoms with Crippen LogP contribution in [0.2, 0.25) is 0 Å². The van der Waals surface area contributed by atoms with E-state index in [-0.39, 0.29) is 11.9 Å². The number of aromatic nitrogens is 5. The van der Waals surface area contributed by atoms with Crippen LogP contribution in [0.4, 0.5) is 0 Å².